The Morgan fingerprint density at radius 1 is 0.225 bits per heavy atom. The Kier molecular flexibility index (Phi) is 17.1. The molecule has 0 saturated heterocycles. The standard InChI is InChI=1S/C30H10N6O4S4.2C28H12N4O4S2/c1-35-27(37)11-3-15(33-9-41)21-22-16(34-10-42)4-12-20-14(30(40)36(2)28(12)38)6-18(44-8-32)24(26(20)22)23-17(43-7-31)5-13(29(35)39)19(11)25(21)23;1-31-25(33)13-6-4-12-22-18(38-9-29)8-16-20-14(26(34)32(2)28(16)36)5-3-11(24(20)22)21-17(30-10-37)7-15(27(31)35)19(13)23(12)21;1-31-25(33)13-5-3-11-19-12(4-6-14(20(13)19)26(31)34)23-18(38-9-29)8-16-21-15(27(35)32(2)28(16)36)7-17(30-10-37)22(11)24(21)23/h3-6H,1-2H3;2*3-8H,1-2H3. The van der Waals surface area contributed by atoms with Crippen LogP contribution in [0.25, 0.3) is 129 Å². The van der Waals surface area contributed by atoms with Crippen LogP contribution in [0.1, 0.15) is 124 Å². The van der Waals surface area contributed by atoms with E-state index in [1.165, 1.54) is 54.4 Å². The van der Waals surface area contributed by atoms with Gasteiger partial charge in [0.25, 0.3) is 70.9 Å². The second-order valence-corrected chi connectivity index (χ2v) is 32.2. The molecule has 0 fully saturated rings. The number of isothiocyanates is 4. The van der Waals surface area contributed by atoms with Gasteiger partial charge in [-0.25, -0.2) is 0 Å². The van der Waals surface area contributed by atoms with Crippen LogP contribution < -0.4 is 0 Å². The molecule has 0 radical (unpaired) electrons. The summed E-state index contributed by atoms with van der Waals surface area (Å²) in [5, 5.41) is 69.7. The van der Waals surface area contributed by atoms with Crippen molar-refractivity contribution in [2.45, 2.75) is 19.6 Å². The van der Waals surface area contributed by atoms with Crippen LogP contribution in [-0.2, 0) is 0 Å². The molecule has 0 aliphatic carbocycles. The number of hydrogen-bond acceptors (Lipinski definition) is 28. The average molecular weight is 1710 g/mol. The first-order valence-corrected chi connectivity index (χ1v) is 40.1. The number of hydrogen-bond donors (Lipinski definition) is 0. The molecule has 15 aromatic carbocycles. The van der Waals surface area contributed by atoms with Crippen LogP contribution in [0.4, 0.5) is 22.7 Å². The van der Waals surface area contributed by atoms with Crippen LogP contribution in [-0.4, -0.2) is 163 Å². The number of thioether (sulfide) groups is 4. The number of benzene rings is 15. The van der Waals surface area contributed by atoms with Gasteiger partial charge in [0, 0.05) is 209 Å². The third kappa shape index (κ3) is 9.80. The number of rotatable bonds is 8. The minimum Gasteiger partial charge on any atom is -0.277 e. The first kappa shape index (κ1) is 75.6. The SMILES string of the molecule is CN1C(=O)c2cc(N=C=S)c3c4c(N=C=S)cc5c6c(cc(SC#N)c(c7c(SC#N)cc(c2c37)C1=O)c64)C(=O)N(C)C5=O.CN1C(=O)c2ccc3c4c(N=C=S)cc5c6c(cc(SC#N)c(c7ccc(c2c37)C1=O)c64)C(=O)N(C)C5=O.CN1C(=O)c2ccc3c4c(SC#N)cc5c6c(ccc(c7c(N=C=S)cc(c2c37)C1=O)c64)C(=O)N(C)C5=O. The Morgan fingerprint density at radius 3 is 0.700 bits per heavy atom. The van der Waals surface area contributed by atoms with E-state index in [1.54, 1.807) is 84.9 Å². The molecular weight excluding hydrogens is 1680 g/mol. The molecule has 0 unspecified atom stereocenters. The molecule has 0 N–H and O–H groups in total. The Labute approximate surface area is 709 Å². The van der Waals surface area contributed by atoms with Crippen molar-refractivity contribution in [3.05, 3.63) is 164 Å². The maximum atomic E-state index is 13.5. The van der Waals surface area contributed by atoms with Gasteiger partial charge in [0.15, 0.2) is 0 Å². The van der Waals surface area contributed by atoms with Gasteiger partial charge in [-0.2, -0.15) is 41.0 Å². The molecule has 6 aliphatic heterocycles. The highest BCUT2D eigenvalue weighted by Gasteiger charge is 2.43. The molecule has 6 aliphatic rings. The Hall–Kier alpha value is -14.4. The summed E-state index contributed by atoms with van der Waals surface area (Å²) in [7, 11) is 8.45. The number of amides is 12. The zero-order valence-corrected chi connectivity index (χ0v) is 68.2. The van der Waals surface area contributed by atoms with Gasteiger partial charge in [-0.1, -0.05) is 24.3 Å². The number of thiocarbonyl (C=S) groups is 4. The van der Waals surface area contributed by atoms with E-state index in [9.17, 15) is 78.6 Å². The van der Waals surface area contributed by atoms with Crippen molar-refractivity contribution in [1.82, 2.24) is 29.4 Å². The first-order valence-electron chi connectivity index (χ1n) is 35.2. The highest BCUT2D eigenvalue weighted by molar-refractivity contribution is 8.04. The fourth-order valence-corrected chi connectivity index (χ4v) is 20.9. The van der Waals surface area contributed by atoms with Gasteiger partial charge in [0.2, 0.25) is 0 Å². The minimum absolute atomic E-state index is 0.176. The third-order valence-electron chi connectivity index (χ3n) is 23.0. The van der Waals surface area contributed by atoms with E-state index in [2.05, 4.69) is 62.2 Å². The molecule has 12 amide bonds. The second kappa shape index (κ2) is 27.1. The quantitative estimate of drug-likeness (QED) is 0.0259. The van der Waals surface area contributed by atoms with Gasteiger partial charge in [0.1, 0.15) is 21.6 Å². The molecule has 120 heavy (non-hydrogen) atoms. The van der Waals surface area contributed by atoms with Crippen LogP contribution >= 0.6 is 95.9 Å². The van der Waals surface area contributed by atoms with Gasteiger partial charge in [-0.15, -0.1) is 0 Å². The first-order chi connectivity index (χ1) is 57.8. The average Bonchev–Trinajstić information content (AvgIpc) is 0.674. The number of imide groups is 6. The lowest BCUT2D eigenvalue weighted by Gasteiger charge is -2.30. The van der Waals surface area contributed by atoms with Gasteiger partial charge >= 0.3 is 0 Å². The molecule has 0 bridgehead atoms. The van der Waals surface area contributed by atoms with E-state index in [0.717, 1.165) is 76.4 Å². The molecular formula is C86H34N14O12S8. The summed E-state index contributed by atoms with van der Waals surface area (Å²) in [4.78, 5) is 185. The fourth-order valence-electron chi connectivity index (χ4n) is 18.1. The van der Waals surface area contributed by atoms with Crippen molar-refractivity contribution in [1.29, 1.82) is 21.0 Å². The smallest absolute Gasteiger partial charge is 0.261 e. The summed E-state index contributed by atoms with van der Waals surface area (Å²) in [6, 6.07) is 26.4. The van der Waals surface area contributed by atoms with E-state index < -0.39 is 70.9 Å². The van der Waals surface area contributed by atoms with Crippen molar-refractivity contribution in [3.8, 4) is 21.6 Å². The van der Waals surface area contributed by atoms with E-state index in [1.807, 2.05) is 0 Å². The lowest BCUT2D eigenvalue weighted by molar-refractivity contribution is 0.0635. The zero-order chi connectivity index (χ0) is 84.4. The topological polar surface area (TPSA) is 369 Å². The molecule has 0 atom stereocenters. The van der Waals surface area contributed by atoms with Crippen LogP contribution in [0.15, 0.2) is 137 Å². The lowest BCUT2D eigenvalue weighted by atomic mass is 9.81. The molecule has 568 valence electrons. The predicted molar refractivity (Wildman–Crippen MR) is 466 cm³/mol. The van der Waals surface area contributed by atoms with Gasteiger partial charge in [0.05, 0.1) is 65.6 Å². The van der Waals surface area contributed by atoms with Crippen molar-refractivity contribution < 1.29 is 57.5 Å². The van der Waals surface area contributed by atoms with E-state index in [-0.39, 0.29) is 33.6 Å². The van der Waals surface area contributed by atoms with Crippen molar-refractivity contribution in [2.24, 2.45) is 20.0 Å². The number of thiocyanates is 4. The van der Waals surface area contributed by atoms with Gasteiger partial charge < -0.3 is 0 Å². The molecule has 26 nitrogen and oxygen atoms in total. The third-order valence-corrected chi connectivity index (χ3v) is 25.9. The highest BCUT2D eigenvalue weighted by atomic mass is 32.2. The maximum absolute atomic E-state index is 13.5. The van der Waals surface area contributed by atoms with Gasteiger partial charge in [-0.05, 0) is 196 Å². The van der Waals surface area contributed by atoms with Crippen molar-refractivity contribution in [3.63, 3.8) is 0 Å². The number of aliphatic imine (C=N–C) groups is 4. The Morgan fingerprint density at radius 2 is 0.417 bits per heavy atom. The van der Waals surface area contributed by atoms with E-state index in [4.69, 9.17) is 48.9 Å². The summed E-state index contributed by atoms with van der Waals surface area (Å²) in [5.41, 5.74) is 4.62. The maximum Gasteiger partial charge on any atom is 0.261 e. The second-order valence-electron chi connectivity index (χ2n) is 28.2. The molecule has 34 heteroatoms. The Balaban J connectivity index is 0.000000119. The summed E-state index contributed by atoms with van der Waals surface area (Å²) in [6.07, 6.45) is 0. The number of fused-ring (bicyclic) bond motifs is 6. The fraction of sp³-hybridized carbons (Fsp3) is 0.0698. The summed E-state index contributed by atoms with van der Waals surface area (Å²) in [5.74, 6) is -5.81. The number of nitriles is 4. The number of carbonyl (C=O) groups is 12. The molecule has 0 spiro atoms. The lowest BCUT2D eigenvalue weighted by Crippen LogP contribution is -2.37. The van der Waals surface area contributed by atoms with E-state index >= 15 is 0 Å². The summed E-state index contributed by atoms with van der Waals surface area (Å²) in [6.45, 7) is 0. The highest BCUT2D eigenvalue weighted by Crippen LogP contribution is 2.58. The van der Waals surface area contributed by atoms with Crippen LogP contribution in [0, 0.1) is 42.7 Å². The molecule has 15 aromatic rings. The van der Waals surface area contributed by atoms with Crippen LogP contribution in [0.5, 0.6) is 0 Å². The summed E-state index contributed by atoms with van der Waals surface area (Å²) >= 11 is 23.2. The van der Waals surface area contributed by atoms with E-state index in [0.29, 0.717) is 205 Å². The van der Waals surface area contributed by atoms with Crippen LogP contribution in [0.3, 0.4) is 0 Å². The zero-order valence-electron chi connectivity index (χ0n) is 61.7. The van der Waals surface area contributed by atoms with Crippen molar-refractivity contribution >= 4 is 339 Å². The van der Waals surface area contributed by atoms with Crippen molar-refractivity contribution in [2.75, 3.05) is 42.3 Å². The minimum atomic E-state index is -0.569. The number of carbonyl (C=O) groups excluding carboxylic acids is 12. The molecule has 21 rings (SSSR count). The van der Waals surface area contributed by atoms with Gasteiger partial charge in [-0.3, -0.25) is 86.9 Å². The normalized spacial score (nSPS) is 14.4. The largest absolute Gasteiger partial charge is 0.277 e. The Bertz CT molecular complexity index is 8100. The number of nitrogens with zero attached hydrogens (tertiary/aromatic N) is 14. The molecule has 0 aromatic heterocycles. The predicted octanol–water partition coefficient (Wildman–Crippen LogP) is 17.8. The van der Waals surface area contributed by atoms with Crippen LogP contribution in [0.2, 0.25) is 0 Å². The molecule has 6 heterocycles. The molecule has 0 saturated carbocycles. The monoisotopic (exact) mass is 1710 g/mol. The summed E-state index contributed by atoms with van der Waals surface area (Å²) < 4.78 is 0.